The first-order valence-corrected chi connectivity index (χ1v) is 12.2. The average Bonchev–Trinajstić information content (AvgIpc) is 3.10. The van der Waals surface area contributed by atoms with E-state index in [2.05, 4.69) is 13.8 Å². The number of likely N-dealkylation sites (tertiary alicyclic amines) is 2. The van der Waals surface area contributed by atoms with Crippen LogP contribution in [0.3, 0.4) is 0 Å². The third kappa shape index (κ3) is 4.51. The lowest BCUT2D eigenvalue weighted by Gasteiger charge is -2.39. The number of aromatic nitrogens is 2. The smallest absolute Gasteiger partial charge is 0.242 e. The van der Waals surface area contributed by atoms with Gasteiger partial charge in [0.15, 0.2) is 5.16 Å². The maximum Gasteiger partial charge on any atom is 0.242 e. The quantitative estimate of drug-likeness (QED) is 0.677. The highest BCUT2D eigenvalue weighted by molar-refractivity contribution is 7.99. The summed E-state index contributed by atoms with van der Waals surface area (Å²) in [4.78, 5) is 34.7. The molecule has 2 aliphatic heterocycles. The first-order valence-electron chi connectivity index (χ1n) is 11.2. The Morgan fingerprint density at radius 2 is 1.70 bits per heavy atom. The summed E-state index contributed by atoms with van der Waals surface area (Å²) in [5.41, 5.74) is 1.83. The number of nitrogens with zero attached hydrogens (tertiary/aromatic N) is 4. The van der Waals surface area contributed by atoms with Crippen LogP contribution >= 0.6 is 11.8 Å². The van der Waals surface area contributed by atoms with Crippen molar-refractivity contribution in [1.82, 2.24) is 19.4 Å². The third-order valence-corrected chi connectivity index (χ3v) is 7.39. The third-order valence-electron chi connectivity index (χ3n) is 6.43. The molecule has 0 spiro atoms. The van der Waals surface area contributed by atoms with Gasteiger partial charge in [0, 0.05) is 25.2 Å². The Hall–Kier alpha value is -2.02. The lowest BCUT2D eigenvalue weighted by Crippen LogP contribution is -2.48. The molecular weight excluding hydrogens is 396 g/mol. The zero-order valence-electron chi connectivity index (χ0n) is 18.0. The van der Waals surface area contributed by atoms with Crippen molar-refractivity contribution in [2.24, 2.45) is 0 Å². The molecule has 4 rings (SSSR count). The first-order chi connectivity index (χ1) is 14.5. The Kier molecular flexibility index (Phi) is 6.66. The van der Waals surface area contributed by atoms with Crippen LogP contribution in [0.4, 0.5) is 0 Å². The predicted octanol–water partition coefficient (Wildman–Crippen LogP) is 3.93. The molecule has 2 amide bonds. The highest BCUT2D eigenvalue weighted by Gasteiger charge is 2.29. The summed E-state index contributed by atoms with van der Waals surface area (Å²) in [6.07, 6.45) is 6.70. The van der Waals surface area contributed by atoms with Gasteiger partial charge < -0.3 is 14.4 Å². The highest BCUT2D eigenvalue weighted by Crippen LogP contribution is 2.27. The van der Waals surface area contributed by atoms with Crippen molar-refractivity contribution in [2.75, 3.05) is 18.8 Å². The monoisotopic (exact) mass is 428 g/mol. The molecule has 1 aromatic heterocycles. The second kappa shape index (κ2) is 9.41. The van der Waals surface area contributed by atoms with Gasteiger partial charge >= 0.3 is 0 Å². The van der Waals surface area contributed by atoms with E-state index in [-0.39, 0.29) is 18.4 Å². The summed E-state index contributed by atoms with van der Waals surface area (Å²) in [6, 6.07) is 8.50. The van der Waals surface area contributed by atoms with Crippen LogP contribution < -0.4 is 0 Å². The van der Waals surface area contributed by atoms with Gasteiger partial charge in [-0.15, -0.1) is 0 Å². The number of para-hydroxylation sites is 2. The van der Waals surface area contributed by atoms with Gasteiger partial charge in [0.2, 0.25) is 11.8 Å². The van der Waals surface area contributed by atoms with E-state index in [9.17, 15) is 9.59 Å². The maximum atomic E-state index is 13.0. The molecule has 6 nitrogen and oxygen atoms in total. The summed E-state index contributed by atoms with van der Waals surface area (Å²) < 4.78 is 1.99. The molecular formula is C23H32N4O2S. The zero-order valence-corrected chi connectivity index (χ0v) is 18.9. The number of rotatable bonds is 5. The zero-order chi connectivity index (χ0) is 21.1. The summed E-state index contributed by atoms with van der Waals surface area (Å²) in [5.74, 6) is 0.667. The number of imidazole rings is 1. The van der Waals surface area contributed by atoms with Gasteiger partial charge in [0.05, 0.1) is 16.8 Å². The first kappa shape index (κ1) is 21.2. The normalized spacial score (nSPS) is 22.5. The predicted molar refractivity (Wildman–Crippen MR) is 121 cm³/mol. The van der Waals surface area contributed by atoms with Gasteiger partial charge in [0.1, 0.15) is 6.54 Å². The van der Waals surface area contributed by atoms with Crippen LogP contribution in [0.1, 0.15) is 52.4 Å². The fraction of sp³-hybridized carbons (Fsp3) is 0.609. The minimum absolute atomic E-state index is 0.143. The summed E-state index contributed by atoms with van der Waals surface area (Å²) in [6.45, 7) is 6.26. The van der Waals surface area contributed by atoms with Crippen LogP contribution in [-0.2, 0) is 16.1 Å². The number of carbonyl (C=O) groups is 2. The number of thioether (sulfide) groups is 1. The Balaban J connectivity index is 1.51. The lowest BCUT2D eigenvalue weighted by atomic mass is 9.98. The number of hydrogen-bond donors (Lipinski definition) is 0. The van der Waals surface area contributed by atoms with E-state index in [0.29, 0.717) is 17.8 Å². The van der Waals surface area contributed by atoms with Crippen LogP contribution in [0.2, 0.25) is 0 Å². The van der Waals surface area contributed by atoms with E-state index in [1.165, 1.54) is 24.6 Å². The summed E-state index contributed by atoms with van der Waals surface area (Å²) >= 11 is 1.46. The molecule has 0 bridgehead atoms. The molecule has 7 heteroatoms. The number of amides is 2. The van der Waals surface area contributed by atoms with Crippen LogP contribution in [-0.4, -0.2) is 62.1 Å². The van der Waals surface area contributed by atoms with Crippen molar-refractivity contribution < 1.29 is 9.59 Å². The molecule has 2 atom stereocenters. The Morgan fingerprint density at radius 3 is 2.43 bits per heavy atom. The number of hydrogen-bond acceptors (Lipinski definition) is 4. The molecule has 2 saturated heterocycles. The van der Waals surface area contributed by atoms with Crippen LogP contribution in [0.5, 0.6) is 0 Å². The van der Waals surface area contributed by atoms with E-state index >= 15 is 0 Å². The molecule has 0 aliphatic carbocycles. The van der Waals surface area contributed by atoms with Crippen LogP contribution in [0, 0.1) is 0 Å². The lowest BCUT2D eigenvalue weighted by molar-refractivity contribution is -0.134. The van der Waals surface area contributed by atoms with Gasteiger partial charge in [-0.05, 0) is 64.5 Å². The fourth-order valence-corrected chi connectivity index (χ4v) is 5.69. The van der Waals surface area contributed by atoms with Crippen molar-refractivity contribution in [3.63, 3.8) is 0 Å². The van der Waals surface area contributed by atoms with Gasteiger partial charge in [0.25, 0.3) is 0 Å². The highest BCUT2D eigenvalue weighted by atomic mass is 32.2. The second-order valence-corrected chi connectivity index (χ2v) is 9.57. The summed E-state index contributed by atoms with van der Waals surface area (Å²) in [5, 5.41) is 0.757. The van der Waals surface area contributed by atoms with Gasteiger partial charge in [-0.2, -0.15) is 0 Å². The van der Waals surface area contributed by atoms with Gasteiger partial charge in [-0.25, -0.2) is 4.98 Å². The number of carbonyl (C=O) groups excluding carboxylic acids is 2. The van der Waals surface area contributed by atoms with E-state index in [1.54, 1.807) is 0 Å². The molecule has 0 radical (unpaired) electrons. The van der Waals surface area contributed by atoms with E-state index in [4.69, 9.17) is 4.98 Å². The minimum Gasteiger partial charge on any atom is -0.341 e. The topological polar surface area (TPSA) is 58.4 Å². The SMILES string of the molecule is CC1CCCC(C)N1C(=O)CSc1nc2ccccc2n1CC(=O)N1CCCCC1. The van der Waals surface area contributed by atoms with Crippen molar-refractivity contribution >= 4 is 34.6 Å². The van der Waals surface area contributed by atoms with Crippen molar-refractivity contribution in [3.8, 4) is 0 Å². The van der Waals surface area contributed by atoms with E-state index < -0.39 is 0 Å². The van der Waals surface area contributed by atoms with E-state index in [1.807, 2.05) is 38.6 Å². The standard InChI is InChI=1S/C23H32N4O2S/c1-17-9-8-10-18(2)27(17)22(29)16-30-23-24-19-11-4-5-12-20(19)26(23)15-21(28)25-13-6-3-7-14-25/h4-5,11-12,17-18H,3,6-10,13-16H2,1-2H3. The maximum absolute atomic E-state index is 13.0. The molecule has 2 fully saturated rings. The molecule has 2 aromatic rings. The molecule has 162 valence electrons. The molecule has 3 heterocycles. The molecule has 1 aromatic carbocycles. The Bertz CT molecular complexity index is 896. The molecule has 0 saturated carbocycles. The minimum atomic E-state index is 0.143. The molecule has 2 unspecified atom stereocenters. The molecule has 2 aliphatic rings. The van der Waals surface area contributed by atoms with Gasteiger partial charge in [-0.1, -0.05) is 23.9 Å². The van der Waals surface area contributed by atoms with Crippen LogP contribution in [0.25, 0.3) is 11.0 Å². The number of fused-ring (bicyclic) bond motifs is 1. The van der Waals surface area contributed by atoms with Gasteiger partial charge in [-0.3, -0.25) is 9.59 Å². The fourth-order valence-electron chi connectivity index (χ4n) is 4.81. The average molecular weight is 429 g/mol. The van der Waals surface area contributed by atoms with Crippen molar-refractivity contribution in [3.05, 3.63) is 24.3 Å². The number of benzene rings is 1. The Morgan fingerprint density at radius 1 is 1.00 bits per heavy atom. The number of piperidine rings is 2. The van der Waals surface area contributed by atoms with Crippen LogP contribution in [0.15, 0.2) is 29.4 Å². The molecule has 30 heavy (non-hydrogen) atoms. The summed E-state index contributed by atoms with van der Waals surface area (Å²) in [7, 11) is 0. The second-order valence-electron chi connectivity index (χ2n) is 8.63. The van der Waals surface area contributed by atoms with Crippen molar-refractivity contribution in [2.45, 2.75) is 76.2 Å². The van der Waals surface area contributed by atoms with E-state index in [0.717, 1.165) is 55.0 Å². The molecule has 0 N–H and O–H groups in total. The largest absolute Gasteiger partial charge is 0.341 e. The van der Waals surface area contributed by atoms with Crippen molar-refractivity contribution in [1.29, 1.82) is 0 Å². The Labute approximate surface area is 183 Å².